The van der Waals surface area contributed by atoms with Gasteiger partial charge in [-0.1, -0.05) is 20.8 Å². The largest absolute Gasteiger partial charge is 0.406 e. The summed E-state index contributed by atoms with van der Waals surface area (Å²) in [4.78, 5) is 0. The number of hydrogen-bond donors (Lipinski definition) is 1. The second-order valence-electron chi connectivity index (χ2n) is 7.70. The molecule has 0 aliphatic carbocycles. The number of ether oxygens (including phenoxy) is 3. The Morgan fingerprint density at radius 2 is 1.85 bits per heavy atom. The fourth-order valence-electron chi connectivity index (χ4n) is 2.27. The van der Waals surface area contributed by atoms with Crippen LogP contribution in [0.5, 0.6) is 0 Å². The maximum absolute atomic E-state index is 10.2. The topological polar surface area (TPSA) is 57.2 Å². The Morgan fingerprint density at radius 3 is 2.40 bits per heavy atom. The molecule has 5 nitrogen and oxygen atoms in total. The van der Waals surface area contributed by atoms with Gasteiger partial charge in [-0.05, 0) is 32.0 Å². The van der Waals surface area contributed by atoms with Gasteiger partial charge in [0.25, 0.3) is 0 Å². The smallest absolute Gasteiger partial charge is 0.192 e. The molecule has 0 aromatic heterocycles. The lowest BCUT2D eigenvalue weighted by atomic mass is 10.1. The molecule has 2 rings (SSSR count). The van der Waals surface area contributed by atoms with Crippen molar-refractivity contribution in [3.63, 3.8) is 0 Å². The third kappa shape index (κ3) is 3.10. The van der Waals surface area contributed by atoms with Gasteiger partial charge in [-0.3, -0.25) is 0 Å². The van der Waals surface area contributed by atoms with Gasteiger partial charge in [0.1, 0.15) is 18.3 Å². The number of fused-ring (bicyclic) bond motifs is 1. The van der Waals surface area contributed by atoms with Gasteiger partial charge in [0.05, 0.1) is 6.61 Å². The van der Waals surface area contributed by atoms with E-state index in [0.29, 0.717) is 6.61 Å². The fraction of sp³-hybridized carbons (Fsp3) is 1.00. The van der Waals surface area contributed by atoms with Crippen LogP contribution in [-0.2, 0) is 18.6 Å². The van der Waals surface area contributed by atoms with Crippen molar-refractivity contribution in [2.24, 2.45) is 0 Å². The molecule has 1 N–H and O–H groups in total. The van der Waals surface area contributed by atoms with E-state index >= 15 is 0 Å². The predicted octanol–water partition coefficient (Wildman–Crippen LogP) is 2.25. The average molecular weight is 304 g/mol. The highest BCUT2D eigenvalue weighted by Crippen LogP contribution is 2.41. The van der Waals surface area contributed by atoms with Crippen molar-refractivity contribution in [1.29, 1.82) is 0 Å². The Bertz CT molecular complexity index is 363. The highest BCUT2D eigenvalue weighted by atomic mass is 28.4. The SMILES string of the molecule is CC1(C)OC[C@H]2OC(O)[C@H](O[Si](C)(C)C(C)(C)C)[C@@H]2O1. The van der Waals surface area contributed by atoms with Crippen molar-refractivity contribution >= 4 is 8.32 Å². The first kappa shape index (κ1) is 16.4. The van der Waals surface area contributed by atoms with Crippen LogP contribution in [0.3, 0.4) is 0 Å². The third-order valence-corrected chi connectivity index (χ3v) is 9.01. The Hall–Kier alpha value is 0.0169. The molecule has 2 saturated heterocycles. The van der Waals surface area contributed by atoms with Gasteiger partial charge >= 0.3 is 0 Å². The van der Waals surface area contributed by atoms with E-state index < -0.39 is 26.5 Å². The number of aliphatic hydroxyl groups excluding tert-OH is 1. The van der Waals surface area contributed by atoms with Gasteiger partial charge in [0.15, 0.2) is 20.4 Å². The van der Waals surface area contributed by atoms with E-state index in [1.54, 1.807) is 0 Å². The van der Waals surface area contributed by atoms with Gasteiger partial charge in [-0.25, -0.2) is 0 Å². The monoisotopic (exact) mass is 304 g/mol. The predicted molar refractivity (Wildman–Crippen MR) is 77.9 cm³/mol. The maximum atomic E-state index is 10.2. The van der Waals surface area contributed by atoms with Crippen LogP contribution in [0.4, 0.5) is 0 Å². The molecule has 0 saturated carbocycles. The standard InChI is InChI=1S/C14H28O5Si/c1-13(2,3)20(6,7)19-11-10-9(17-12(11)15)8-16-14(4,5)18-10/h9-12,15H,8H2,1-7H3/t9-,10-,11-,12?/m1/s1. The van der Waals surface area contributed by atoms with E-state index in [4.69, 9.17) is 18.6 Å². The summed E-state index contributed by atoms with van der Waals surface area (Å²) in [5.74, 6) is -0.663. The fourth-order valence-corrected chi connectivity index (χ4v) is 3.56. The molecule has 6 heteroatoms. The van der Waals surface area contributed by atoms with E-state index in [9.17, 15) is 5.11 Å². The molecule has 4 atom stereocenters. The quantitative estimate of drug-likeness (QED) is 0.793. The first-order chi connectivity index (χ1) is 8.93. The molecule has 20 heavy (non-hydrogen) atoms. The zero-order chi connectivity index (χ0) is 15.3. The van der Waals surface area contributed by atoms with Gasteiger partial charge in [-0.15, -0.1) is 0 Å². The summed E-state index contributed by atoms with van der Waals surface area (Å²) in [6.45, 7) is 15.0. The first-order valence-electron chi connectivity index (χ1n) is 7.26. The maximum Gasteiger partial charge on any atom is 0.192 e. The minimum Gasteiger partial charge on any atom is -0.406 e. The summed E-state index contributed by atoms with van der Waals surface area (Å²) in [6, 6.07) is 0. The normalized spacial score (nSPS) is 37.8. The van der Waals surface area contributed by atoms with Crippen LogP contribution < -0.4 is 0 Å². The summed E-state index contributed by atoms with van der Waals surface area (Å²) in [5, 5.41) is 10.2. The van der Waals surface area contributed by atoms with Crippen molar-refractivity contribution in [3.8, 4) is 0 Å². The minimum absolute atomic E-state index is 0.0749. The molecule has 0 radical (unpaired) electrons. The zero-order valence-electron chi connectivity index (χ0n) is 13.6. The first-order valence-corrected chi connectivity index (χ1v) is 10.2. The molecule has 2 aliphatic heterocycles. The molecule has 2 aliphatic rings. The summed E-state index contributed by atoms with van der Waals surface area (Å²) in [6.07, 6.45) is -1.92. The van der Waals surface area contributed by atoms with Crippen LogP contribution in [0, 0.1) is 0 Å². The van der Waals surface area contributed by atoms with Crippen molar-refractivity contribution in [2.75, 3.05) is 6.61 Å². The number of aliphatic hydroxyl groups is 1. The molecule has 0 aromatic rings. The van der Waals surface area contributed by atoms with E-state index in [2.05, 4.69) is 33.9 Å². The second-order valence-corrected chi connectivity index (χ2v) is 12.5. The van der Waals surface area contributed by atoms with Gasteiger partial charge in [-0.2, -0.15) is 0 Å². The zero-order valence-corrected chi connectivity index (χ0v) is 14.6. The lowest BCUT2D eigenvalue weighted by Crippen LogP contribution is -2.54. The molecular formula is C14H28O5Si. The summed E-state index contributed by atoms with van der Waals surface area (Å²) in [5.41, 5.74) is 0. The molecule has 0 amide bonds. The molecule has 118 valence electrons. The molecule has 0 aromatic carbocycles. The highest BCUT2D eigenvalue weighted by molar-refractivity contribution is 6.74. The molecule has 1 unspecified atom stereocenters. The lowest BCUT2D eigenvalue weighted by molar-refractivity contribution is -0.300. The van der Waals surface area contributed by atoms with Crippen molar-refractivity contribution in [2.45, 2.75) is 83.1 Å². The Morgan fingerprint density at radius 1 is 1.25 bits per heavy atom. The Balaban J connectivity index is 2.14. The van der Waals surface area contributed by atoms with Gasteiger partial charge in [0, 0.05) is 0 Å². The second kappa shape index (κ2) is 5.03. The van der Waals surface area contributed by atoms with Crippen LogP contribution in [0.25, 0.3) is 0 Å². The minimum atomic E-state index is -2.00. The average Bonchev–Trinajstić information content (AvgIpc) is 2.53. The summed E-state index contributed by atoms with van der Waals surface area (Å²) < 4.78 is 23.4. The molecule has 2 fully saturated rings. The van der Waals surface area contributed by atoms with Crippen LogP contribution in [-0.4, -0.2) is 50.4 Å². The summed E-state index contributed by atoms with van der Waals surface area (Å²) >= 11 is 0. The van der Waals surface area contributed by atoms with Gasteiger partial charge < -0.3 is 23.7 Å². The molecular weight excluding hydrogens is 276 g/mol. The number of hydrogen-bond acceptors (Lipinski definition) is 5. The van der Waals surface area contributed by atoms with Gasteiger partial charge in [0.2, 0.25) is 0 Å². The molecule has 0 spiro atoms. The van der Waals surface area contributed by atoms with E-state index in [-0.39, 0.29) is 17.2 Å². The van der Waals surface area contributed by atoms with Crippen LogP contribution >= 0.6 is 0 Å². The number of rotatable bonds is 2. The molecule has 0 bridgehead atoms. The van der Waals surface area contributed by atoms with E-state index in [1.807, 2.05) is 13.8 Å². The van der Waals surface area contributed by atoms with Crippen molar-refractivity contribution in [3.05, 3.63) is 0 Å². The Kier molecular flexibility index (Phi) is 4.13. The van der Waals surface area contributed by atoms with Crippen LogP contribution in [0.1, 0.15) is 34.6 Å². The van der Waals surface area contributed by atoms with E-state index in [0.717, 1.165) is 0 Å². The van der Waals surface area contributed by atoms with E-state index in [1.165, 1.54) is 0 Å². The lowest BCUT2D eigenvalue weighted by Gasteiger charge is -2.42. The molecule has 2 heterocycles. The third-order valence-electron chi connectivity index (χ3n) is 4.54. The van der Waals surface area contributed by atoms with Crippen molar-refractivity contribution < 1.29 is 23.7 Å². The Labute approximate surface area is 122 Å². The van der Waals surface area contributed by atoms with Crippen LogP contribution in [0.2, 0.25) is 18.1 Å². The van der Waals surface area contributed by atoms with Crippen LogP contribution in [0.15, 0.2) is 0 Å². The highest BCUT2D eigenvalue weighted by Gasteiger charge is 2.54. The van der Waals surface area contributed by atoms with Crippen molar-refractivity contribution in [1.82, 2.24) is 0 Å². The summed E-state index contributed by atoms with van der Waals surface area (Å²) in [7, 11) is -2.00.